The zero-order chi connectivity index (χ0) is 19.9. The minimum absolute atomic E-state index is 1.25. The fourth-order valence-corrected chi connectivity index (χ4v) is 4.60. The van der Waals surface area contributed by atoms with Gasteiger partial charge in [0.15, 0.2) is 0 Å². The van der Waals surface area contributed by atoms with Crippen LogP contribution >= 0.6 is 0 Å². The second-order valence-electron chi connectivity index (χ2n) is 7.79. The summed E-state index contributed by atoms with van der Waals surface area (Å²) in [5.74, 6) is 0. The van der Waals surface area contributed by atoms with Gasteiger partial charge in [0.2, 0.25) is 0 Å². The largest absolute Gasteiger partial charge is 0.0616 e. The van der Waals surface area contributed by atoms with Crippen molar-refractivity contribution in [2.24, 2.45) is 0 Å². The molecule has 30 heavy (non-hydrogen) atoms. The molecule has 0 aliphatic heterocycles. The number of rotatable bonds is 2. The Balaban J connectivity index is 1.49. The summed E-state index contributed by atoms with van der Waals surface area (Å²) in [6, 6.07) is 43.8. The maximum atomic E-state index is 2.26. The van der Waals surface area contributed by atoms with Crippen LogP contribution in [0, 0.1) is 0 Å². The highest BCUT2D eigenvalue weighted by molar-refractivity contribution is 6.12. The molecule has 6 aromatic rings. The second kappa shape index (κ2) is 6.86. The molecule has 0 bridgehead atoms. The average Bonchev–Trinajstić information content (AvgIpc) is 2.83. The third kappa shape index (κ3) is 2.69. The van der Waals surface area contributed by atoms with Gasteiger partial charge in [-0.25, -0.2) is 0 Å². The highest BCUT2D eigenvalue weighted by Gasteiger charge is 2.08. The molecule has 0 N–H and O–H groups in total. The summed E-state index contributed by atoms with van der Waals surface area (Å²) >= 11 is 0. The third-order valence-corrected chi connectivity index (χ3v) is 6.08. The molecular weight excluding hydrogens is 360 g/mol. The third-order valence-electron chi connectivity index (χ3n) is 6.08. The summed E-state index contributed by atoms with van der Waals surface area (Å²) in [5.41, 5.74) is 5.06. The molecule has 140 valence electrons. The molecule has 6 aromatic carbocycles. The van der Waals surface area contributed by atoms with E-state index >= 15 is 0 Å². The first-order chi connectivity index (χ1) is 14.9. The van der Waals surface area contributed by atoms with Crippen molar-refractivity contribution in [2.75, 3.05) is 0 Å². The van der Waals surface area contributed by atoms with Crippen molar-refractivity contribution in [3.63, 3.8) is 0 Å². The number of fused-ring (bicyclic) bond motifs is 4. The lowest BCUT2D eigenvalue weighted by Gasteiger charge is -2.11. The second-order valence-corrected chi connectivity index (χ2v) is 7.79. The molecule has 0 atom stereocenters. The molecule has 0 heteroatoms. The zero-order valence-electron chi connectivity index (χ0n) is 16.5. The summed E-state index contributed by atoms with van der Waals surface area (Å²) in [7, 11) is 0. The van der Waals surface area contributed by atoms with Crippen LogP contribution in [0.15, 0.2) is 121 Å². The molecule has 0 heterocycles. The first-order valence-electron chi connectivity index (χ1n) is 10.4. The maximum Gasteiger partial charge on any atom is -0.00990 e. The average molecular weight is 380 g/mol. The van der Waals surface area contributed by atoms with Gasteiger partial charge < -0.3 is 0 Å². The molecule has 6 rings (SSSR count). The Kier molecular flexibility index (Phi) is 3.89. The Morgan fingerprint density at radius 3 is 1.50 bits per heavy atom. The molecule has 0 spiro atoms. The van der Waals surface area contributed by atoms with Gasteiger partial charge in [-0.15, -0.1) is 0 Å². The van der Waals surface area contributed by atoms with E-state index < -0.39 is 0 Å². The fourth-order valence-electron chi connectivity index (χ4n) is 4.60. The lowest BCUT2D eigenvalue weighted by Crippen LogP contribution is -1.85. The molecule has 0 aliphatic rings. The fraction of sp³-hybridized carbons (Fsp3) is 0. The first kappa shape index (κ1) is 17.0. The minimum Gasteiger partial charge on any atom is -0.0616 e. The topological polar surface area (TPSA) is 0 Å². The van der Waals surface area contributed by atoms with E-state index in [-0.39, 0.29) is 0 Å². The normalized spacial score (nSPS) is 11.3. The smallest absolute Gasteiger partial charge is 0.00990 e. The van der Waals surface area contributed by atoms with Crippen LogP contribution in [0.25, 0.3) is 54.6 Å². The molecule has 0 radical (unpaired) electrons. The SMILES string of the molecule is c1ccc2c(-c3ccc(-c4cccc5c4ccc4ccccc45)cc3)cccc2c1. The van der Waals surface area contributed by atoms with Gasteiger partial charge in [0.1, 0.15) is 0 Å². The minimum atomic E-state index is 1.25. The van der Waals surface area contributed by atoms with E-state index in [2.05, 4.69) is 121 Å². The van der Waals surface area contributed by atoms with Crippen LogP contribution in [0.4, 0.5) is 0 Å². The van der Waals surface area contributed by atoms with Crippen LogP contribution in [-0.2, 0) is 0 Å². The van der Waals surface area contributed by atoms with Gasteiger partial charge >= 0.3 is 0 Å². The van der Waals surface area contributed by atoms with Gasteiger partial charge in [0.25, 0.3) is 0 Å². The highest BCUT2D eigenvalue weighted by atomic mass is 14.1. The Morgan fingerprint density at radius 1 is 0.267 bits per heavy atom. The first-order valence-corrected chi connectivity index (χ1v) is 10.4. The van der Waals surface area contributed by atoms with E-state index in [0.29, 0.717) is 0 Å². The number of benzene rings is 6. The van der Waals surface area contributed by atoms with Gasteiger partial charge in [-0.05, 0) is 54.6 Å². The van der Waals surface area contributed by atoms with E-state index in [1.54, 1.807) is 0 Å². The summed E-state index contributed by atoms with van der Waals surface area (Å²) in [6.45, 7) is 0. The van der Waals surface area contributed by atoms with Crippen molar-refractivity contribution in [1.29, 1.82) is 0 Å². The quantitative estimate of drug-likeness (QED) is 0.264. The Labute approximate surface area is 176 Å². The summed E-state index contributed by atoms with van der Waals surface area (Å²) in [4.78, 5) is 0. The Bertz CT molecular complexity index is 1520. The standard InChI is InChI=1S/C30H20/c1-3-10-25-21(7-1)9-5-12-26(25)23-15-17-24(18-16-23)28-13-6-14-29-27-11-4-2-8-22(27)19-20-30(28)29/h1-20H. The van der Waals surface area contributed by atoms with E-state index in [9.17, 15) is 0 Å². The van der Waals surface area contributed by atoms with Crippen molar-refractivity contribution >= 4 is 32.3 Å². The van der Waals surface area contributed by atoms with E-state index in [1.165, 1.54) is 54.6 Å². The van der Waals surface area contributed by atoms with Crippen LogP contribution in [0.5, 0.6) is 0 Å². The van der Waals surface area contributed by atoms with Crippen molar-refractivity contribution in [3.05, 3.63) is 121 Å². The molecule has 0 amide bonds. The van der Waals surface area contributed by atoms with E-state index in [0.717, 1.165) is 0 Å². The highest BCUT2D eigenvalue weighted by Crippen LogP contribution is 2.35. The summed E-state index contributed by atoms with van der Waals surface area (Å²) < 4.78 is 0. The predicted octanol–water partition coefficient (Wildman–Crippen LogP) is 8.48. The molecule has 0 nitrogen and oxygen atoms in total. The number of hydrogen-bond donors (Lipinski definition) is 0. The van der Waals surface area contributed by atoms with Crippen molar-refractivity contribution in [1.82, 2.24) is 0 Å². The summed E-state index contributed by atoms with van der Waals surface area (Å²) in [5, 5.41) is 7.78. The van der Waals surface area contributed by atoms with Gasteiger partial charge in [-0.2, -0.15) is 0 Å². The molecule has 0 saturated heterocycles. The zero-order valence-corrected chi connectivity index (χ0v) is 16.5. The lowest BCUT2D eigenvalue weighted by molar-refractivity contribution is 1.63. The van der Waals surface area contributed by atoms with Crippen molar-refractivity contribution < 1.29 is 0 Å². The van der Waals surface area contributed by atoms with Crippen LogP contribution in [0.3, 0.4) is 0 Å². The lowest BCUT2D eigenvalue weighted by atomic mass is 9.93. The van der Waals surface area contributed by atoms with Gasteiger partial charge in [0, 0.05) is 0 Å². The van der Waals surface area contributed by atoms with E-state index in [4.69, 9.17) is 0 Å². The van der Waals surface area contributed by atoms with Gasteiger partial charge in [-0.3, -0.25) is 0 Å². The Morgan fingerprint density at radius 2 is 0.767 bits per heavy atom. The van der Waals surface area contributed by atoms with Crippen LogP contribution in [0.2, 0.25) is 0 Å². The maximum absolute atomic E-state index is 2.26. The van der Waals surface area contributed by atoms with Gasteiger partial charge in [0.05, 0.1) is 0 Å². The van der Waals surface area contributed by atoms with Gasteiger partial charge in [-0.1, -0.05) is 121 Å². The van der Waals surface area contributed by atoms with Crippen molar-refractivity contribution in [3.8, 4) is 22.3 Å². The molecular formula is C30H20. The monoisotopic (exact) mass is 380 g/mol. The Hall–Kier alpha value is -3.90. The van der Waals surface area contributed by atoms with E-state index in [1.807, 2.05) is 0 Å². The molecule has 0 fully saturated rings. The molecule has 0 aliphatic carbocycles. The molecule has 0 aromatic heterocycles. The molecule has 0 unspecified atom stereocenters. The number of hydrogen-bond acceptors (Lipinski definition) is 0. The van der Waals surface area contributed by atoms with Crippen LogP contribution in [-0.4, -0.2) is 0 Å². The van der Waals surface area contributed by atoms with Crippen molar-refractivity contribution in [2.45, 2.75) is 0 Å². The summed E-state index contributed by atoms with van der Waals surface area (Å²) in [6.07, 6.45) is 0. The van der Waals surface area contributed by atoms with Crippen LogP contribution < -0.4 is 0 Å². The molecule has 0 saturated carbocycles. The van der Waals surface area contributed by atoms with Crippen LogP contribution in [0.1, 0.15) is 0 Å². The predicted molar refractivity (Wildman–Crippen MR) is 130 cm³/mol.